The number of aliphatic hydroxyl groups is 1. The lowest BCUT2D eigenvalue weighted by Crippen LogP contribution is -2.40. The van der Waals surface area contributed by atoms with Crippen molar-refractivity contribution >= 4 is 29.0 Å². The zero-order chi connectivity index (χ0) is 30.3. The molecule has 1 saturated carbocycles. The lowest BCUT2D eigenvalue weighted by Gasteiger charge is -2.22. The third-order valence-electron chi connectivity index (χ3n) is 7.15. The number of nitrogens with zero attached hydrogens (tertiary/aromatic N) is 3. The van der Waals surface area contributed by atoms with Gasteiger partial charge in [0, 0.05) is 29.8 Å². The van der Waals surface area contributed by atoms with Crippen molar-refractivity contribution in [1.29, 1.82) is 0 Å². The van der Waals surface area contributed by atoms with Crippen LogP contribution in [-0.2, 0) is 0 Å². The van der Waals surface area contributed by atoms with E-state index in [1.165, 1.54) is 13.8 Å². The minimum Gasteiger partial charge on any atom is -0.391 e. The van der Waals surface area contributed by atoms with Gasteiger partial charge in [-0.15, -0.1) is 11.3 Å². The zero-order valence-corrected chi connectivity index (χ0v) is 22.8. The zero-order valence-electron chi connectivity index (χ0n) is 21.9. The van der Waals surface area contributed by atoms with Gasteiger partial charge in [0.1, 0.15) is 17.6 Å². The molecule has 0 bridgehead atoms. The van der Waals surface area contributed by atoms with Crippen molar-refractivity contribution < 1.29 is 45.4 Å². The molecule has 0 unspecified atom stereocenters. The molecule has 0 aromatic carbocycles. The Morgan fingerprint density at radius 2 is 1.98 bits per heavy atom. The molecule has 2 aromatic heterocycles. The van der Waals surface area contributed by atoms with Gasteiger partial charge in [-0.2, -0.15) is 13.2 Å². The second kappa shape index (κ2) is 11.7. The molecular formula is C25H28F7N5O3S. The van der Waals surface area contributed by atoms with Crippen molar-refractivity contribution in [3.63, 3.8) is 0 Å². The highest BCUT2D eigenvalue weighted by Crippen LogP contribution is 2.40. The summed E-state index contributed by atoms with van der Waals surface area (Å²) in [4.78, 5) is 34.9. The Morgan fingerprint density at radius 3 is 2.51 bits per heavy atom. The van der Waals surface area contributed by atoms with E-state index in [0.29, 0.717) is 36.7 Å². The molecule has 4 atom stereocenters. The molecule has 41 heavy (non-hydrogen) atoms. The average Bonchev–Trinajstić information content (AvgIpc) is 3.57. The van der Waals surface area contributed by atoms with E-state index in [1.54, 1.807) is 0 Å². The Labute approximate surface area is 234 Å². The third kappa shape index (κ3) is 6.74. The summed E-state index contributed by atoms with van der Waals surface area (Å²) in [5, 5.41) is 14.4. The summed E-state index contributed by atoms with van der Waals surface area (Å²) in [7, 11) is 0. The number of anilines is 1. The summed E-state index contributed by atoms with van der Waals surface area (Å²) < 4.78 is 96.3. The largest absolute Gasteiger partial charge is 0.408 e. The van der Waals surface area contributed by atoms with Gasteiger partial charge in [0.05, 0.1) is 23.6 Å². The van der Waals surface area contributed by atoms with Crippen LogP contribution < -0.4 is 10.6 Å². The number of alkyl halides is 7. The molecular weight excluding hydrogens is 583 g/mol. The van der Waals surface area contributed by atoms with Crippen LogP contribution in [0.15, 0.2) is 12.3 Å². The fourth-order valence-corrected chi connectivity index (χ4v) is 6.01. The minimum atomic E-state index is -4.68. The van der Waals surface area contributed by atoms with Crippen molar-refractivity contribution in [2.45, 2.75) is 88.7 Å². The maximum Gasteiger partial charge on any atom is 0.408 e. The number of carbonyl (C=O) groups excluding carboxylic acids is 2. The Kier molecular flexibility index (Phi) is 8.83. The van der Waals surface area contributed by atoms with Crippen LogP contribution in [-0.4, -0.2) is 74.7 Å². The second-order valence-corrected chi connectivity index (χ2v) is 11.2. The summed E-state index contributed by atoms with van der Waals surface area (Å²) in [6.07, 6.45) is -7.36. The first kappa shape index (κ1) is 30.9. The summed E-state index contributed by atoms with van der Waals surface area (Å²) in [5.74, 6) is -5.51. The van der Waals surface area contributed by atoms with Crippen molar-refractivity contribution in [1.82, 2.24) is 20.2 Å². The second-order valence-electron chi connectivity index (χ2n) is 10.2. The van der Waals surface area contributed by atoms with E-state index in [1.807, 2.05) is 0 Å². The number of pyridine rings is 1. The molecule has 0 spiro atoms. The van der Waals surface area contributed by atoms with Crippen LogP contribution in [0.4, 0.5) is 36.6 Å². The monoisotopic (exact) mass is 611 g/mol. The van der Waals surface area contributed by atoms with Gasteiger partial charge in [0.2, 0.25) is 0 Å². The van der Waals surface area contributed by atoms with Crippen LogP contribution in [0.25, 0.3) is 10.4 Å². The number of aromatic nitrogens is 2. The van der Waals surface area contributed by atoms with E-state index in [4.69, 9.17) is 0 Å². The van der Waals surface area contributed by atoms with Gasteiger partial charge < -0.3 is 20.6 Å². The molecule has 1 aliphatic carbocycles. The Balaban J connectivity index is 1.76. The fourth-order valence-electron chi connectivity index (χ4n) is 5.02. The number of rotatable bonds is 8. The molecule has 1 saturated heterocycles. The van der Waals surface area contributed by atoms with Gasteiger partial charge in [-0.25, -0.2) is 27.5 Å². The highest BCUT2D eigenvalue weighted by Gasteiger charge is 2.46. The predicted molar refractivity (Wildman–Crippen MR) is 135 cm³/mol. The van der Waals surface area contributed by atoms with Crippen LogP contribution in [0, 0.1) is 0 Å². The van der Waals surface area contributed by atoms with Gasteiger partial charge >= 0.3 is 6.18 Å². The quantitative estimate of drug-likeness (QED) is 0.345. The summed E-state index contributed by atoms with van der Waals surface area (Å²) in [6.45, 7) is 1.69. The lowest BCUT2D eigenvalue weighted by atomic mass is 10.1. The van der Waals surface area contributed by atoms with E-state index in [0.717, 1.165) is 11.1 Å². The maximum absolute atomic E-state index is 14.2. The average molecular weight is 612 g/mol. The van der Waals surface area contributed by atoms with E-state index in [-0.39, 0.29) is 15.4 Å². The van der Waals surface area contributed by atoms with E-state index >= 15 is 0 Å². The predicted octanol–water partition coefficient (Wildman–Crippen LogP) is 5.41. The number of hydrogen-bond acceptors (Lipinski definition) is 7. The first-order chi connectivity index (χ1) is 19.1. The van der Waals surface area contributed by atoms with Gasteiger partial charge in [-0.1, -0.05) is 6.92 Å². The van der Waals surface area contributed by atoms with Crippen LogP contribution in [0.1, 0.15) is 78.2 Å². The Hall–Kier alpha value is -3.01. The molecule has 4 rings (SSSR count). The molecule has 226 valence electrons. The summed E-state index contributed by atoms with van der Waals surface area (Å²) >= 11 is 0.540. The van der Waals surface area contributed by atoms with Gasteiger partial charge in [-0.3, -0.25) is 9.59 Å². The Bertz CT molecular complexity index is 1290. The van der Waals surface area contributed by atoms with Crippen LogP contribution in [0.5, 0.6) is 0 Å². The van der Waals surface area contributed by atoms with Crippen molar-refractivity contribution in [3.05, 3.63) is 28.5 Å². The first-order valence-electron chi connectivity index (χ1n) is 12.9. The SMILES string of the molecule is CC[C@H](Nc1cc(C(F)F)c(-c2sc(C(=O)N[C@@H]3CCC[C@H]3O)nc2C(=O)N2CC(F)(F)C[C@@H]2C)cn1)C(F)(F)F. The molecule has 8 nitrogen and oxygen atoms in total. The molecule has 0 radical (unpaired) electrons. The molecule has 3 heterocycles. The first-order valence-corrected chi connectivity index (χ1v) is 13.7. The van der Waals surface area contributed by atoms with Gasteiger partial charge in [0.15, 0.2) is 5.01 Å². The number of aliphatic hydroxyl groups excluding tert-OH is 1. The molecule has 2 amide bonds. The molecule has 2 aliphatic rings. The van der Waals surface area contributed by atoms with Crippen LogP contribution >= 0.6 is 11.3 Å². The van der Waals surface area contributed by atoms with Crippen LogP contribution in [0.3, 0.4) is 0 Å². The lowest BCUT2D eigenvalue weighted by molar-refractivity contribution is -0.142. The third-order valence-corrected chi connectivity index (χ3v) is 8.24. The summed E-state index contributed by atoms with van der Waals surface area (Å²) in [6, 6.07) is -2.88. The maximum atomic E-state index is 14.2. The number of halogens is 7. The highest BCUT2D eigenvalue weighted by molar-refractivity contribution is 7.17. The molecule has 16 heteroatoms. The number of hydrogen-bond donors (Lipinski definition) is 3. The topological polar surface area (TPSA) is 107 Å². The Morgan fingerprint density at radius 1 is 1.27 bits per heavy atom. The fraction of sp³-hybridized carbons (Fsp3) is 0.600. The molecule has 3 N–H and O–H groups in total. The van der Waals surface area contributed by atoms with Crippen molar-refractivity contribution in [3.8, 4) is 10.4 Å². The van der Waals surface area contributed by atoms with E-state index < -0.39 is 91.0 Å². The minimum absolute atomic E-state index is 0.272. The number of nitrogens with one attached hydrogen (secondary N) is 2. The molecule has 1 aliphatic heterocycles. The van der Waals surface area contributed by atoms with E-state index in [2.05, 4.69) is 20.6 Å². The number of thiazole rings is 1. The number of carbonyl (C=O) groups is 2. The van der Waals surface area contributed by atoms with E-state index in [9.17, 15) is 45.4 Å². The van der Waals surface area contributed by atoms with Crippen LogP contribution in [0.2, 0.25) is 0 Å². The van der Waals surface area contributed by atoms with Crippen molar-refractivity contribution in [2.24, 2.45) is 0 Å². The number of likely N-dealkylation sites (tertiary alicyclic amines) is 1. The molecule has 2 fully saturated rings. The van der Waals surface area contributed by atoms with Gasteiger partial charge in [0.25, 0.3) is 24.2 Å². The highest BCUT2D eigenvalue weighted by atomic mass is 32.1. The van der Waals surface area contributed by atoms with Crippen molar-refractivity contribution in [2.75, 3.05) is 11.9 Å². The van der Waals surface area contributed by atoms with Gasteiger partial charge in [-0.05, 0) is 38.7 Å². The normalized spacial score (nSPS) is 23.2. The smallest absolute Gasteiger partial charge is 0.391 e. The molecule has 2 aromatic rings. The standard InChI is InChI=1S/C25H28F7N5O3S/c1-3-16(25(30,31)32)35-17-7-12(20(26)27)13(9-33-17)19-18(23(40)37-10-24(28,29)8-11(37)2)36-22(41-19)21(39)34-14-5-4-6-15(14)38/h7,9,11,14-16,20,38H,3-6,8,10H2,1-2H3,(H,33,35)(H,34,39)/t11-,14+,15+,16-/m0/s1. The summed E-state index contributed by atoms with van der Waals surface area (Å²) in [5.41, 5.74) is -1.72. The number of amides is 2.